The van der Waals surface area contributed by atoms with Crippen LogP contribution in [0.1, 0.15) is 30.5 Å². The lowest BCUT2D eigenvalue weighted by molar-refractivity contribution is -0.0270. The van der Waals surface area contributed by atoms with Gasteiger partial charge in [-0.05, 0) is 47.9 Å². The van der Waals surface area contributed by atoms with Crippen LogP contribution in [0, 0.1) is 0 Å². The van der Waals surface area contributed by atoms with Gasteiger partial charge in [-0.3, -0.25) is 4.79 Å². The van der Waals surface area contributed by atoms with Crippen molar-refractivity contribution < 1.29 is 17.6 Å². The number of aromatic amines is 1. The number of aromatic nitrogens is 4. The monoisotopic (exact) mass is 652 g/mol. The Kier molecular flexibility index (Phi) is 8.31. The Morgan fingerprint density at radius 2 is 1.72 bits per heavy atom. The maximum Gasteiger partial charge on any atom is 0.259 e. The van der Waals surface area contributed by atoms with Crippen LogP contribution in [0.15, 0.2) is 107 Å². The quantitative estimate of drug-likeness (QED) is 0.199. The number of H-pyrrole nitrogens is 1. The molecule has 10 nitrogen and oxygen atoms in total. The number of sulfonamides is 1. The van der Waals surface area contributed by atoms with Crippen molar-refractivity contribution in [2.45, 2.75) is 30.8 Å². The van der Waals surface area contributed by atoms with E-state index in [1.54, 1.807) is 48.8 Å². The summed E-state index contributed by atoms with van der Waals surface area (Å²) in [6, 6.07) is 26.4. The van der Waals surface area contributed by atoms with Gasteiger partial charge in [-0.2, -0.15) is 4.31 Å². The third kappa shape index (κ3) is 6.02. The molecule has 1 atom stereocenters. The Bertz CT molecular complexity index is 2220. The minimum atomic E-state index is -4.10. The molecule has 6 aromatic rings. The molecule has 0 radical (unpaired) electrons. The first kappa shape index (κ1) is 30.7. The van der Waals surface area contributed by atoms with Crippen LogP contribution in [0.5, 0.6) is 5.75 Å². The van der Waals surface area contributed by atoms with Crippen molar-refractivity contribution in [3.8, 4) is 17.1 Å². The molecule has 1 saturated heterocycles. The molecule has 4 aromatic carbocycles. The Morgan fingerprint density at radius 3 is 2.49 bits per heavy atom. The normalized spacial score (nSPS) is 16.2. The third-order valence-corrected chi connectivity index (χ3v) is 10.3. The van der Waals surface area contributed by atoms with Crippen molar-refractivity contribution in [3.05, 3.63) is 119 Å². The summed E-state index contributed by atoms with van der Waals surface area (Å²) >= 11 is 0. The SMILES string of the molecule is CCCOc1ccc(S(=O)(=O)N2CCN(F)CC2c2ccccc2)cc1-c1nc2cc3ncn(Cc4ccccc4)c3cc2c(=O)[nH]1. The van der Waals surface area contributed by atoms with Gasteiger partial charge >= 0.3 is 0 Å². The summed E-state index contributed by atoms with van der Waals surface area (Å²) in [5, 5.41) is 1.02. The van der Waals surface area contributed by atoms with Crippen LogP contribution in [0.3, 0.4) is 0 Å². The molecule has 0 amide bonds. The van der Waals surface area contributed by atoms with Gasteiger partial charge in [-0.1, -0.05) is 67.6 Å². The molecule has 240 valence electrons. The average molecular weight is 653 g/mol. The van der Waals surface area contributed by atoms with Gasteiger partial charge in [0.05, 0.1) is 51.4 Å². The molecule has 1 aliphatic heterocycles. The van der Waals surface area contributed by atoms with Crippen molar-refractivity contribution in [2.75, 3.05) is 26.2 Å². The maximum absolute atomic E-state index is 14.5. The molecule has 1 aliphatic rings. The fourth-order valence-corrected chi connectivity index (χ4v) is 7.64. The molecule has 1 N–H and O–H groups in total. The summed E-state index contributed by atoms with van der Waals surface area (Å²) in [6.07, 6.45) is 2.46. The van der Waals surface area contributed by atoms with Crippen molar-refractivity contribution in [2.24, 2.45) is 0 Å². The number of rotatable bonds is 9. The van der Waals surface area contributed by atoms with E-state index < -0.39 is 16.1 Å². The summed E-state index contributed by atoms with van der Waals surface area (Å²) < 4.78 is 52.1. The third-order valence-electron chi connectivity index (χ3n) is 8.38. The first-order valence-corrected chi connectivity index (χ1v) is 16.9. The Balaban J connectivity index is 1.30. The van der Waals surface area contributed by atoms with Gasteiger partial charge in [0.15, 0.2) is 0 Å². The van der Waals surface area contributed by atoms with E-state index in [-0.39, 0.29) is 35.9 Å². The zero-order chi connectivity index (χ0) is 32.5. The highest BCUT2D eigenvalue weighted by atomic mass is 32.2. The van der Waals surface area contributed by atoms with Gasteiger partial charge in [0, 0.05) is 26.2 Å². The number of nitrogens with zero attached hydrogens (tertiary/aromatic N) is 5. The van der Waals surface area contributed by atoms with Gasteiger partial charge in [0.25, 0.3) is 5.56 Å². The molecular formula is C35H33FN6O4S. The average Bonchev–Trinajstić information content (AvgIpc) is 3.48. The fourth-order valence-electron chi connectivity index (χ4n) is 6.02. The highest BCUT2D eigenvalue weighted by molar-refractivity contribution is 7.89. The van der Waals surface area contributed by atoms with Crippen molar-refractivity contribution >= 4 is 32.0 Å². The number of ether oxygens (including phenoxy) is 1. The second kappa shape index (κ2) is 12.7. The summed E-state index contributed by atoms with van der Waals surface area (Å²) in [6.45, 7) is 2.76. The zero-order valence-electron chi connectivity index (χ0n) is 25.7. The minimum Gasteiger partial charge on any atom is -0.493 e. The Hall–Kier alpha value is -4.91. The standard InChI is InChI=1S/C35H33FN6O4S/c1-2-17-46-33-14-13-26(47(44,45)42-16-15-41(36)22-32(42)25-11-7-4-8-12-25)18-28(33)34-38-29-20-30-31(19-27(29)35(43)39-34)40(23-37-30)21-24-9-5-3-6-10-24/h3-14,18-20,23,32H,2,15-17,21-22H2,1H3,(H,38,39,43). The minimum absolute atomic E-state index is 0.0116. The second-order valence-corrected chi connectivity index (χ2v) is 13.4. The highest BCUT2D eigenvalue weighted by Crippen LogP contribution is 2.36. The van der Waals surface area contributed by atoms with Crippen LogP contribution in [-0.4, -0.2) is 63.6 Å². The number of hydrogen-bond acceptors (Lipinski definition) is 7. The molecule has 0 spiro atoms. The molecule has 7 rings (SSSR count). The van der Waals surface area contributed by atoms with E-state index in [1.165, 1.54) is 16.4 Å². The van der Waals surface area contributed by atoms with E-state index in [0.717, 1.165) is 17.5 Å². The predicted molar refractivity (Wildman–Crippen MR) is 178 cm³/mol. The molecule has 47 heavy (non-hydrogen) atoms. The van der Waals surface area contributed by atoms with Crippen LogP contribution in [0.25, 0.3) is 33.3 Å². The lowest BCUT2D eigenvalue weighted by Crippen LogP contribution is -2.48. The smallest absolute Gasteiger partial charge is 0.259 e. The predicted octanol–water partition coefficient (Wildman–Crippen LogP) is 5.71. The second-order valence-electron chi connectivity index (χ2n) is 11.5. The molecule has 1 fully saturated rings. The summed E-state index contributed by atoms with van der Waals surface area (Å²) in [4.78, 5) is 25.8. The van der Waals surface area contributed by atoms with E-state index in [0.29, 0.717) is 51.6 Å². The Morgan fingerprint density at radius 1 is 0.957 bits per heavy atom. The van der Waals surface area contributed by atoms with E-state index in [9.17, 15) is 17.7 Å². The molecular weight excluding hydrogens is 619 g/mol. The number of imidazole rings is 1. The molecule has 3 heterocycles. The van der Waals surface area contributed by atoms with Crippen molar-refractivity contribution in [3.63, 3.8) is 0 Å². The van der Waals surface area contributed by atoms with E-state index in [2.05, 4.69) is 9.97 Å². The van der Waals surface area contributed by atoms with Crippen LogP contribution in [-0.2, 0) is 16.6 Å². The van der Waals surface area contributed by atoms with Crippen molar-refractivity contribution in [1.82, 2.24) is 28.9 Å². The van der Waals surface area contributed by atoms with Crippen molar-refractivity contribution in [1.29, 1.82) is 0 Å². The lowest BCUT2D eigenvalue weighted by Gasteiger charge is -2.37. The number of nitrogens with one attached hydrogen (secondary N) is 1. The topological polar surface area (TPSA) is 113 Å². The van der Waals surface area contributed by atoms with E-state index >= 15 is 0 Å². The van der Waals surface area contributed by atoms with Gasteiger partial charge in [0.2, 0.25) is 10.0 Å². The molecule has 12 heteroatoms. The van der Waals surface area contributed by atoms with Gasteiger partial charge < -0.3 is 14.3 Å². The lowest BCUT2D eigenvalue weighted by atomic mass is 10.1. The number of halogens is 1. The zero-order valence-corrected chi connectivity index (χ0v) is 26.5. The first-order chi connectivity index (χ1) is 22.8. The summed E-state index contributed by atoms with van der Waals surface area (Å²) in [5.41, 5.74) is 3.63. The number of benzene rings is 4. The number of fused-ring (bicyclic) bond motifs is 2. The number of hydrogen-bond donors (Lipinski definition) is 1. The van der Waals surface area contributed by atoms with Gasteiger partial charge in [-0.25, -0.2) is 18.4 Å². The fraction of sp³-hybridized carbons (Fsp3) is 0.229. The summed E-state index contributed by atoms with van der Waals surface area (Å²) in [5.74, 6) is 0.552. The molecule has 0 aliphatic carbocycles. The molecule has 0 bridgehead atoms. The molecule has 0 saturated carbocycles. The highest BCUT2D eigenvalue weighted by Gasteiger charge is 2.37. The summed E-state index contributed by atoms with van der Waals surface area (Å²) in [7, 11) is -4.10. The van der Waals surface area contributed by atoms with Crippen LogP contribution < -0.4 is 10.3 Å². The van der Waals surface area contributed by atoms with Crippen LogP contribution in [0.2, 0.25) is 0 Å². The Labute approximate surface area is 271 Å². The molecule has 2 aromatic heterocycles. The van der Waals surface area contributed by atoms with Gasteiger partial charge in [-0.15, -0.1) is 9.60 Å². The van der Waals surface area contributed by atoms with E-state index in [1.807, 2.05) is 47.9 Å². The van der Waals surface area contributed by atoms with Gasteiger partial charge in [0.1, 0.15) is 11.6 Å². The largest absolute Gasteiger partial charge is 0.493 e. The van der Waals surface area contributed by atoms with Crippen LogP contribution >= 0.6 is 0 Å². The first-order valence-electron chi connectivity index (χ1n) is 15.5. The number of piperazine rings is 1. The van der Waals surface area contributed by atoms with Crippen LogP contribution in [0.4, 0.5) is 4.48 Å². The molecule has 1 unspecified atom stereocenters. The maximum atomic E-state index is 14.5. The van der Waals surface area contributed by atoms with E-state index in [4.69, 9.17) is 9.72 Å².